The fourth-order valence-electron chi connectivity index (χ4n) is 2.01. The van der Waals surface area contributed by atoms with Gasteiger partial charge in [-0.1, -0.05) is 0 Å². The third-order valence-electron chi connectivity index (χ3n) is 3.01. The van der Waals surface area contributed by atoms with Gasteiger partial charge in [-0.2, -0.15) is 0 Å². The summed E-state index contributed by atoms with van der Waals surface area (Å²) < 4.78 is 17.1. The number of aromatic nitrogens is 2. The lowest BCUT2D eigenvalue weighted by Gasteiger charge is -2.20. The monoisotopic (exact) mass is 305 g/mol. The lowest BCUT2D eigenvalue weighted by molar-refractivity contribution is 0.0896. The van der Waals surface area contributed by atoms with Crippen LogP contribution in [0.5, 0.6) is 0 Å². The molecule has 10 heteroatoms. The van der Waals surface area contributed by atoms with Crippen LogP contribution in [0.2, 0.25) is 0 Å². The number of ether oxygens (including phenoxy) is 1. The van der Waals surface area contributed by atoms with Crippen molar-refractivity contribution >= 4 is 7.60 Å². The van der Waals surface area contributed by atoms with Crippen molar-refractivity contribution in [3.63, 3.8) is 0 Å². The second-order valence-electron chi connectivity index (χ2n) is 4.70. The Morgan fingerprint density at radius 3 is 2.85 bits per heavy atom. The number of aryl methyl sites for hydroxylation is 1. The number of rotatable bonds is 4. The van der Waals surface area contributed by atoms with E-state index in [4.69, 9.17) is 14.5 Å². The Morgan fingerprint density at radius 1 is 1.50 bits per heavy atom. The van der Waals surface area contributed by atoms with Crippen molar-refractivity contribution in [1.29, 1.82) is 0 Å². The molecule has 9 nitrogen and oxygen atoms in total. The van der Waals surface area contributed by atoms with E-state index >= 15 is 0 Å². The predicted octanol–water partition coefficient (Wildman–Crippen LogP) is -1.29. The highest BCUT2D eigenvalue weighted by Crippen LogP contribution is 2.34. The van der Waals surface area contributed by atoms with Gasteiger partial charge in [0.15, 0.2) is 0 Å². The number of hydrogen-bond acceptors (Lipinski definition) is 5. The summed E-state index contributed by atoms with van der Waals surface area (Å²) in [6.07, 6.45) is 0.990. The van der Waals surface area contributed by atoms with Crippen molar-refractivity contribution in [1.82, 2.24) is 9.66 Å². The summed E-state index contributed by atoms with van der Waals surface area (Å²) in [6, 6.07) is 0. The summed E-state index contributed by atoms with van der Waals surface area (Å²) in [5.41, 5.74) is -0.569. The minimum absolute atomic E-state index is 0.325. The van der Waals surface area contributed by atoms with Crippen LogP contribution in [-0.4, -0.2) is 45.0 Å². The minimum Gasteiger partial charge on any atom is -0.364 e. The van der Waals surface area contributed by atoms with Crippen molar-refractivity contribution in [3.05, 3.63) is 32.6 Å². The van der Waals surface area contributed by atoms with Crippen LogP contribution in [0.1, 0.15) is 12.0 Å². The van der Waals surface area contributed by atoms with E-state index in [1.165, 1.54) is 10.9 Å². The molecular formula is C10H16N3O6P. The maximum atomic E-state index is 11.7. The second kappa shape index (κ2) is 5.53. The molecule has 0 aromatic carbocycles. The van der Waals surface area contributed by atoms with Gasteiger partial charge in [0, 0.05) is 18.3 Å². The molecule has 2 heterocycles. The number of hydrogen-bond donors (Lipinski definition) is 3. The first-order valence-corrected chi connectivity index (χ1v) is 7.80. The first kappa shape index (κ1) is 15.0. The van der Waals surface area contributed by atoms with Gasteiger partial charge in [-0.05, 0) is 13.3 Å². The van der Waals surface area contributed by atoms with E-state index in [0.29, 0.717) is 25.1 Å². The Hall–Kier alpha value is -1.41. The molecule has 1 atom stereocenters. The maximum absolute atomic E-state index is 11.7. The van der Waals surface area contributed by atoms with Crippen molar-refractivity contribution in [2.75, 3.05) is 24.4 Å². The maximum Gasteiger partial charge on any atom is 0.350 e. The zero-order valence-corrected chi connectivity index (χ0v) is 11.7. The predicted molar refractivity (Wildman–Crippen MR) is 70.4 cm³/mol. The van der Waals surface area contributed by atoms with Crippen molar-refractivity contribution in [2.45, 2.75) is 19.4 Å². The third kappa shape index (κ3) is 3.57. The molecule has 1 aliphatic rings. The highest BCUT2D eigenvalue weighted by molar-refractivity contribution is 7.51. The Balaban J connectivity index is 2.06. The Labute approximate surface area is 113 Å². The Kier molecular flexibility index (Phi) is 4.14. The third-order valence-corrected chi connectivity index (χ3v) is 3.49. The average Bonchev–Trinajstić information content (AvgIpc) is 2.79. The highest BCUT2D eigenvalue weighted by Gasteiger charge is 2.26. The number of H-pyrrole nitrogens is 1. The van der Waals surface area contributed by atoms with Gasteiger partial charge in [-0.3, -0.25) is 14.3 Å². The van der Waals surface area contributed by atoms with Crippen LogP contribution in [0.3, 0.4) is 0 Å². The first-order chi connectivity index (χ1) is 9.26. The lowest BCUT2D eigenvalue weighted by Crippen LogP contribution is -2.44. The molecule has 3 N–H and O–H groups in total. The van der Waals surface area contributed by atoms with Crippen LogP contribution in [-0.2, 0) is 9.30 Å². The van der Waals surface area contributed by atoms with E-state index < -0.39 is 25.2 Å². The fourth-order valence-corrected chi connectivity index (χ4v) is 2.41. The lowest BCUT2D eigenvalue weighted by atomic mass is 10.3. The number of aromatic amines is 1. The molecule has 1 saturated heterocycles. The number of nitrogens with one attached hydrogen (secondary N) is 1. The average molecular weight is 305 g/mol. The van der Waals surface area contributed by atoms with E-state index in [1.54, 1.807) is 11.9 Å². The normalized spacial score (nSPS) is 19.6. The van der Waals surface area contributed by atoms with E-state index in [0.717, 1.165) is 0 Å². The standard InChI is InChI=1S/C10H16N3O6P/c1-7-4-13(10(15)11-9(7)14)12-3-2-8(5-12)19-6-20(16,17)18/h4,8H,2-3,5-6H2,1H3,(H,11,14,15)(H2,16,17,18). The van der Waals surface area contributed by atoms with Gasteiger partial charge < -0.3 is 19.5 Å². The van der Waals surface area contributed by atoms with E-state index in [9.17, 15) is 14.2 Å². The van der Waals surface area contributed by atoms with E-state index in [2.05, 4.69) is 4.98 Å². The molecule has 0 saturated carbocycles. The van der Waals surface area contributed by atoms with Crippen LogP contribution in [0.25, 0.3) is 0 Å². The highest BCUT2D eigenvalue weighted by atomic mass is 31.2. The topological polar surface area (TPSA) is 125 Å². The summed E-state index contributed by atoms with van der Waals surface area (Å²) in [5.74, 6) is 0. The molecular weight excluding hydrogens is 289 g/mol. The molecule has 0 radical (unpaired) electrons. The number of nitrogens with zero attached hydrogens (tertiary/aromatic N) is 2. The molecule has 1 fully saturated rings. The first-order valence-electron chi connectivity index (χ1n) is 6.00. The van der Waals surface area contributed by atoms with E-state index in [-0.39, 0.29) is 6.10 Å². The van der Waals surface area contributed by atoms with Gasteiger partial charge in [0.2, 0.25) is 0 Å². The zero-order chi connectivity index (χ0) is 14.9. The molecule has 1 aromatic rings. The molecule has 0 amide bonds. The molecule has 0 aliphatic carbocycles. The molecule has 20 heavy (non-hydrogen) atoms. The summed E-state index contributed by atoms with van der Waals surface area (Å²) in [6.45, 7) is 2.41. The van der Waals surface area contributed by atoms with Crippen LogP contribution in [0.4, 0.5) is 0 Å². The Morgan fingerprint density at radius 2 is 2.20 bits per heavy atom. The zero-order valence-electron chi connectivity index (χ0n) is 10.9. The molecule has 0 spiro atoms. The Bertz CT molecular complexity index is 647. The van der Waals surface area contributed by atoms with Crippen molar-refractivity contribution in [3.8, 4) is 0 Å². The summed E-state index contributed by atoms with van der Waals surface area (Å²) in [5, 5.41) is 1.66. The smallest absolute Gasteiger partial charge is 0.350 e. The summed E-state index contributed by atoms with van der Waals surface area (Å²) in [4.78, 5) is 42.7. The summed E-state index contributed by atoms with van der Waals surface area (Å²) in [7, 11) is -4.19. The van der Waals surface area contributed by atoms with Gasteiger partial charge in [0.25, 0.3) is 5.56 Å². The van der Waals surface area contributed by atoms with Crippen LogP contribution in [0, 0.1) is 6.92 Å². The molecule has 0 bridgehead atoms. The molecule has 1 aromatic heterocycles. The van der Waals surface area contributed by atoms with Gasteiger partial charge in [0.1, 0.15) is 6.35 Å². The van der Waals surface area contributed by atoms with Gasteiger partial charge >= 0.3 is 13.3 Å². The van der Waals surface area contributed by atoms with Crippen molar-refractivity contribution < 1.29 is 19.1 Å². The fraction of sp³-hybridized carbons (Fsp3) is 0.600. The SMILES string of the molecule is Cc1cn(N2CCC(OCP(=O)(O)O)C2)c(=O)[nH]c1=O. The van der Waals surface area contributed by atoms with Crippen LogP contribution < -0.4 is 16.3 Å². The van der Waals surface area contributed by atoms with Gasteiger partial charge in [-0.15, -0.1) is 0 Å². The van der Waals surface area contributed by atoms with Crippen LogP contribution >= 0.6 is 7.60 Å². The minimum atomic E-state index is -4.19. The van der Waals surface area contributed by atoms with Crippen LogP contribution in [0.15, 0.2) is 15.8 Å². The molecule has 112 valence electrons. The molecule has 1 aliphatic heterocycles. The second-order valence-corrected chi connectivity index (χ2v) is 6.29. The summed E-state index contributed by atoms with van der Waals surface area (Å²) >= 11 is 0. The molecule has 2 rings (SSSR count). The molecule has 1 unspecified atom stereocenters. The van der Waals surface area contributed by atoms with Gasteiger partial charge in [0.05, 0.1) is 12.6 Å². The quantitative estimate of drug-likeness (QED) is 0.591. The van der Waals surface area contributed by atoms with Crippen molar-refractivity contribution in [2.24, 2.45) is 0 Å². The van der Waals surface area contributed by atoms with E-state index in [1.807, 2.05) is 0 Å². The largest absolute Gasteiger partial charge is 0.364 e. The van der Waals surface area contributed by atoms with Gasteiger partial charge in [-0.25, -0.2) is 9.47 Å².